The highest BCUT2D eigenvalue weighted by atomic mass is 32.2. The maximum absolute atomic E-state index is 12.2. The minimum atomic E-state index is -3.58. The summed E-state index contributed by atoms with van der Waals surface area (Å²) in [6, 6.07) is 3.59. The number of anilines is 1. The van der Waals surface area contributed by atoms with Crippen LogP contribution in [0.25, 0.3) is 0 Å². The van der Waals surface area contributed by atoms with E-state index >= 15 is 0 Å². The van der Waals surface area contributed by atoms with Gasteiger partial charge < -0.3 is 9.67 Å². The van der Waals surface area contributed by atoms with Crippen molar-refractivity contribution in [3.05, 3.63) is 34.8 Å². The van der Waals surface area contributed by atoms with Crippen LogP contribution < -0.4 is 4.72 Å². The number of nitrogens with one attached hydrogen (secondary N) is 1. The van der Waals surface area contributed by atoms with E-state index in [0.717, 1.165) is 12.8 Å². The summed E-state index contributed by atoms with van der Waals surface area (Å²) >= 11 is 1.43. The van der Waals surface area contributed by atoms with Gasteiger partial charge in [-0.2, -0.15) is 11.3 Å². The molecule has 0 aliphatic heterocycles. The molecular formula is C12H14N2O3S2. The summed E-state index contributed by atoms with van der Waals surface area (Å²) in [6.07, 6.45) is 3.69. The maximum atomic E-state index is 12.2. The van der Waals surface area contributed by atoms with Crippen LogP contribution in [0.4, 0.5) is 5.69 Å². The summed E-state index contributed by atoms with van der Waals surface area (Å²) < 4.78 is 28.8. The molecule has 1 fully saturated rings. The topological polar surface area (TPSA) is 71.3 Å². The lowest BCUT2D eigenvalue weighted by Crippen LogP contribution is -2.11. The predicted molar refractivity (Wildman–Crippen MR) is 73.8 cm³/mol. The average molecular weight is 298 g/mol. The maximum Gasteiger partial charge on any atom is 0.263 e. The molecule has 1 aliphatic rings. The molecule has 1 aliphatic carbocycles. The van der Waals surface area contributed by atoms with Gasteiger partial charge in [0.1, 0.15) is 4.90 Å². The fourth-order valence-corrected chi connectivity index (χ4v) is 3.76. The number of hydrogen-bond donors (Lipinski definition) is 2. The second kappa shape index (κ2) is 4.66. The third-order valence-electron chi connectivity index (χ3n) is 3.09. The predicted octanol–water partition coefficient (Wildman–Crippen LogP) is 2.18. The van der Waals surface area contributed by atoms with Crippen molar-refractivity contribution in [2.45, 2.75) is 30.4 Å². The average Bonchev–Trinajstić information content (AvgIpc) is 2.91. The number of hydrogen-bond acceptors (Lipinski definition) is 4. The van der Waals surface area contributed by atoms with Crippen LogP contribution in [-0.2, 0) is 16.6 Å². The van der Waals surface area contributed by atoms with Crippen molar-refractivity contribution in [3.63, 3.8) is 0 Å². The molecule has 0 radical (unpaired) electrons. The molecule has 2 N–H and O–H groups in total. The van der Waals surface area contributed by atoms with Crippen LogP contribution in [0.3, 0.4) is 0 Å². The molecule has 3 rings (SSSR count). The molecule has 0 bridgehead atoms. The minimum Gasteiger partial charge on any atom is -0.390 e. The van der Waals surface area contributed by atoms with E-state index in [0.29, 0.717) is 17.4 Å². The van der Waals surface area contributed by atoms with Crippen LogP contribution in [0.1, 0.15) is 24.6 Å². The number of aliphatic hydroxyl groups excluding tert-OH is 1. The highest BCUT2D eigenvalue weighted by molar-refractivity contribution is 7.92. The Balaban J connectivity index is 1.92. The van der Waals surface area contributed by atoms with E-state index in [1.54, 1.807) is 17.6 Å². The number of aromatic nitrogens is 1. The fourth-order valence-electron chi connectivity index (χ4n) is 2.00. The second-order valence-corrected chi connectivity index (χ2v) is 7.04. The molecule has 1 saturated carbocycles. The van der Waals surface area contributed by atoms with Crippen molar-refractivity contribution in [1.82, 2.24) is 4.57 Å². The molecular weight excluding hydrogens is 284 g/mol. The van der Waals surface area contributed by atoms with E-state index in [1.165, 1.54) is 17.4 Å². The molecule has 0 atom stereocenters. The van der Waals surface area contributed by atoms with Gasteiger partial charge in [-0.25, -0.2) is 8.42 Å². The standard InChI is InChI=1S/C12H14N2O3S2/c15-7-11-5-12(6-14(11)10-1-2-10)19(16,17)13-9-3-4-18-8-9/h3-6,8,10,13,15H,1-2,7H2. The normalized spacial score (nSPS) is 15.6. The van der Waals surface area contributed by atoms with Crippen LogP contribution in [0.2, 0.25) is 0 Å². The lowest BCUT2D eigenvalue weighted by atomic mass is 10.4. The Labute approximate surface area is 115 Å². The van der Waals surface area contributed by atoms with Gasteiger partial charge in [0.05, 0.1) is 12.3 Å². The number of sulfonamides is 1. The number of aliphatic hydroxyl groups is 1. The van der Waals surface area contributed by atoms with E-state index in [9.17, 15) is 13.5 Å². The molecule has 0 amide bonds. The van der Waals surface area contributed by atoms with Crippen LogP contribution >= 0.6 is 11.3 Å². The van der Waals surface area contributed by atoms with Gasteiger partial charge in [-0.15, -0.1) is 0 Å². The van der Waals surface area contributed by atoms with Gasteiger partial charge in [-0.1, -0.05) is 0 Å². The summed E-state index contributed by atoms with van der Waals surface area (Å²) in [5.74, 6) is 0. The third kappa shape index (κ3) is 2.54. The molecule has 0 saturated heterocycles. The van der Waals surface area contributed by atoms with E-state index in [4.69, 9.17) is 0 Å². The second-order valence-electron chi connectivity index (χ2n) is 4.58. The molecule has 2 aromatic rings. The van der Waals surface area contributed by atoms with Crippen LogP contribution in [0.5, 0.6) is 0 Å². The van der Waals surface area contributed by atoms with Gasteiger partial charge >= 0.3 is 0 Å². The highest BCUT2D eigenvalue weighted by Crippen LogP contribution is 2.37. The number of nitrogens with zero attached hydrogens (tertiary/aromatic N) is 1. The first-order valence-corrected chi connectivity index (χ1v) is 8.39. The van der Waals surface area contributed by atoms with Gasteiger partial charge in [-0.05, 0) is 30.4 Å². The van der Waals surface area contributed by atoms with Crippen molar-refractivity contribution in [1.29, 1.82) is 0 Å². The molecule has 7 heteroatoms. The molecule has 2 aromatic heterocycles. The van der Waals surface area contributed by atoms with E-state index in [1.807, 2.05) is 9.95 Å². The molecule has 0 spiro atoms. The molecule has 2 heterocycles. The zero-order chi connectivity index (χ0) is 13.5. The van der Waals surface area contributed by atoms with Crippen molar-refractivity contribution < 1.29 is 13.5 Å². The molecule has 19 heavy (non-hydrogen) atoms. The number of thiophene rings is 1. The molecule has 102 valence electrons. The fraction of sp³-hybridized carbons (Fsp3) is 0.333. The van der Waals surface area contributed by atoms with Gasteiger partial charge in [0.15, 0.2) is 0 Å². The van der Waals surface area contributed by atoms with Crippen molar-refractivity contribution >= 4 is 27.0 Å². The first-order chi connectivity index (χ1) is 9.10. The summed E-state index contributed by atoms with van der Waals surface area (Å²) in [5, 5.41) is 12.8. The third-order valence-corrected chi connectivity index (χ3v) is 5.12. The van der Waals surface area contributed by atoms with Crippen molar-refractivity contribution in [3.8, 4) is 0 Å². The van der Waals surface area contributed by atoms with Crippen LogP contribution in [0, 0.1) is 0 Å². The Morgan fingerprint density at radius 1 is 1.47 bits per heavy atom. The first kappa shape index (κ1) is 12.7. The van der Waals surface area contributed by atoms with Gasteiger partial charge in [0.2, 0.25) is 0 Å². The van der Waals surface area contributed by atoms with Gasteiger partial charge in [-0.3, -0.25) is 4.72 Å². The zero-order valence-electron chi connectivity index (χ0n) is 10.1. The quantitative estimate of drug-likeness (QED) is 0.888. The van der Waals surface area contributed by atoms with E-state index < -0.39 is 10.0 Å². The van der Waals surface area contributed by atoms with Gasteiger partial charge in [0, 0.05) is 23.3 Å². The van der Waals surface area contributed by atoms with Crippen molar-refractivity contribution in [2.75, 3.05) is 4.72 Å². The molecule has 0 aromatic carbocycles. The Bertz CT molecular complexity index is 670. The van der Waals surface area contributed by atoms with Gasteiger partial charge in [0.25, 0.3) is 10.0 Å². The SMILES string of the molecule is O=S(=O)(Nc1ccsc1)c1cc(CO)n(C2CC2)c1. The smallest absolute Gasteiger partial charge is 0.263 e. The monoisotopic (exact) mass is 298 g/mol. The lowest BCUT2D eigenvalue weighted by Gasteiger charge is -2.04. The van der Waals surface area contributed by atoms with Crippen LogP contribution in [-0.4, -0.2) is 18.1 Å². The summed E-state index contributed by atoms with van der Waals surface area (Å²) in [4.78, 5) is 0.203. The van der Waals surface area contributed by atoms with E-state index in [-0.39, 0.29) is 11.5 Å². The Morgan fingerprint density at radius 3 is 2.84 bits per heavy atom. The molecule has 5 nitrogen and oxygen atoms in total. The largest absolute Gasteiger partial charge is 0.390 e. The highest BCUT2D eigenvalue weighted by Gasteiger charge is 2.28. The Hall–Kier alpha value is -1.31. The minimum absolute atomic E-state index is 0.148. The summed E-state index contributed by atoms with van der Waals surface area (Å²) in [5.41, 5.74) is 1.21. The van der Waals surface area contributed by atoms with Crippen LogP contribution in [0.15, 0.2) is 34.0 Å². The Kier molecular flexibility index (Phi) is 3.12. The molecule has 0 unspecified atom stereocenters. The first-order valence-electron chi connectivity index (χ1n) is 5.97. The van der Waals surface area contributed by atoms with Crippen molar-refractivity contribution in [2.24, 2.45) is 0 Å². The lowest BCUT2D eigenvalue weighted by molar-refractivity contribution is 0.270. The van der Waals surface area contributed by atoms with E-state index in [2.05, 4.69) is 4.72 Å². The summed E-state index contributed by atoms with van der Waals surface area (Å²) in [7, 11) is -3.58. The Morgan fingerprint density at radius 2 is 2.26 bits per heavy atom. The zero-order valence-corrected chi connectivity index (χ0v) is 11.7. The number of rotatable bonds is 5. The summed E-state index contributed by atoms with van der Waals surface area (Å²) in [6.45, 7) is -0.148.